The van der Waals surface area contributed by atoms with Crippen molar-refractivity contribution < 1.29 is 18.8 Å². The van der Waals surface area contributed by atoms with E-state index < -0.39 is 22.8 Å². The summed E-state index contributed by atoms with van der Waals surface area (Å²) in [5.41, 5.74) is 0.463. The highest BCUT2D eigenvalue weighted by molar-refractivity contribution is 6.47. The molecule has 1 fully saturated rings. The van der Waals surface area contributed by atoms with Gasteiger partial charge in [0.25, 0.3) is 0 Å². The van der Waals surface area contributed by atoms with Crippen molar-refractivity contribution in [1.29, 1.82) is 0 Å². The lowest BCUT2D eigenvalue weighted by molar-refractivity contribution is -0.131. The number of hydrogen-bond acceptors (Lipinski definition) is 3. The Labute approximate surface area is 120 Å². The summed E-state index contributed by atoms with van der Waals surface area (Å²) in [6.45, 7) is 3.39. The number of carbonyl (C=O) groups excluding carboxylic acids is 3. The summed E-state index contributed by atoms with van der Waals surface area (Å²) in [7, 11) is 0. The van der Waals surface area contributed by atoms with Crippen LogP contribution in [0.5, 0.6) is 0 Å². The van der Waals surface area contributed by atoms with Crippen molar-refractivity contribution in [2.45, 2.75) is 13.8 Å². The van der Waals surface area contributed by atoms with Gasteiger partial charge in [0.1, 0.15) is 5.82 Å². The van der Waals surface area contributed by atoms with Crippen LogP contribution in [0, 0.1) is 11.2 Å². The third kappa shape index (κ3) is 1.85. The Morgan fingerprint density at radius 2 is 1.52 bits per heavy atom. The zero-order valence-corrected chi connectivity index (χ0v) is 11.5. The highest BCUT2D eigenvalue weighted by Gasteiger charge is 2.49. The molecule has 21 heavy (non-hydrogen) atoms. The van der Waals surface area contributed by atoms with Gasteiger partial charge in [-0.05, 0) is 49.8 Å². The average molecular weight is 285 g/mol. The predicted molar refractivity (Wildman–Crippen MR) is 73.8 cm³/mol. The molecule has 0 bridgehead atoms. The highest BCUT2D eigenvalue weighted by Crippen LogP contribution is 2.46. The van der Waals surface area contributed by atoms with Gasteiger partial charge >= 0.3 is 0 Å². The third-order valence-electron chi connectivity index (χ3n) is 3.80. The van der Waals surface area contributed by atoms with Crippen molar-refractivity contribution in [1.82, 2.24) is 0 Å². The van der Waals surface area contributed by atoms with E-state index in [4.69, 9.17) is 0 Å². The number of nitrogens with zero attached hydrogens (tertiary/aromatic N) is 1. The molecule has 0 N–H and O–H groups in total. The maximum absolute atomic E-state index is 13.0. The number of ketones is 2. The first kappa shape index (κ1) is 13.4. The Morgan fingerprint density at radius 1 is 0.952 bits per heavy atom. The van der Waals surface area contributed by atoms with Crippen LogP contribution in [-0.4, -0.2) is 17.5 Å². The Morgan fingerprint density at radius 3 is 2.14 bits per heavy atom. The maximum Gasteiger partial charge on any atom is 0.241 e. The van der Waals surface area contributed by atoms with Crippen LogP contribution in [0.1, 0.15) is 13.8 Å². The van der Waals surface area contributed by atoms with Crippen molar-refractivity contribution in [2.75, 3.05) is 4.90 Å². The molecule has 1 saturated heterocycles. The van der Waals surface area contributed by atoms with E-state index >= 15 is 0 Å². The van der Waals surface area contributed by atoms with E-state index in [0.29, 0.717) is 17.0 Å². The molecule has 1 aliphatic carbocycles. The van der Waals surface area contributed by atoms with Gasteiger partial charge in [-0.1, -0.05) is 0 Å². The molecule has 0 saturated carbocycles. The lowest BCUT2D eigenvalue weighted by atomic mass is 9.83. The summed E-state index contributed by atoms with van der Waals surface area (Å²) in [5, 5.41) is 0. The topological polar surface area (TPSA) is 54.5 Å². The second-order valence-electron chi connectivity index (χ2n) is 5.56. The molecule has 106 valence electrons. The van der Waals surface area contributed by atoms with Gasteiger partial charge in [0.05, 0.1) is 11.1 Å². The lowest BCUT2D eigenvalue weighted by Crippen LogP contribution is -2.30. The molecule has 0 aromatic heterocycles. The van der Waals surface area contributed by atoms with Gasteiger partial charge in [0.2, 0.25) is 17.5 Å². The van der Waals surface area contributed by atoms with Crippen LogP contribution in [0.2, 0.25) is 0 Å². The number of allylic oxidation sites excluding steroid dienone is 3. The summed E-state index contributed by atoms with van der Waals surface area (Å²) in [4.78, 5) is 37.2. The summed E-state index contributed by atoms with van der Waals surface area (Å²) in [6, 6.07) is 5.42. The number of fused-ring (bicyclic) bond motifs is 1. The van der Waals surface area contributed by atoms with Gasteiger partial charge in [-0.15, -0.1) is 0 Å². The molecule has 0 atom stereocenters. The van der Waals surface area contributed by atoms with Crippen molar-refractivity contribution in [2.24, 2.45) is 5.41 Å². The van der Waals surface area contributed by atoms with Crippen LogP contribution in [0.25, 0.3) is 0 Å². The van der Waals surface area contributed by atoms with Crippen molar-refractivity contribution in [3.63, 3.8) is 0 Å². The Hall–Kier alpha value is -2.56. The molecule has 1 aromatic carbocycles. The highest BCUT2D eigenvalue weighted by atomic mass is 19.1. The normalized spacial score (nSPS) is 20.3. The summed E-state index contributed by atoms with van der Waals surface area (Å²) >= 11 is 0. The van der Waals surface area contributed by atoms with Gasteiger partial charge in [-0.2, -0.15) is 0 Å². The van der Waals surface area contributed by atoms with Gasteiger partial charge in [0.15, 0.2) is 0 Å². The summed E-state index contributed by atoms with van der Waals surface area (Å²) in [6.07, 6.45) is 2.40. The largest absolute Gasteiger partial charge is 0.286 e. The lowest BCUT2D eigenvalue weighted by Gasteiger charge is -2.19. The predicted octanol–water partition coefficient (Wildman–Crippen LogP) is 2.16. The van der Waals surface area contributed by atoms with Crippen LogP contribution in [0.15, 0.2) is 47.7 Å². The minimum absolute atomic E-state index is 0.255. The number of hydrogen-bond donors (Lipinski definition) is 0. The van der Waals surface area contributed by atoms with Gasteiger partial charge in [-0.3, -0.25) is 19.3 Å². The summed E-state index contributed by atoms with van der Waals surface area (Å²) < 4.78 is 13.0. The van der Waals surface area contributed by atoms with E-state index in [1.807, 2.05) is 0 Å². The number of benzene rings is 1. The van der Waals surface area contributed by atoms with Gasteiger partial charge in [0, 0.05) is 11.8 Å². The van der Waals surface area contributed by atoms with Crippen molar-refractivity contribution in [3.8, 4) is 0 Å². The molecule has 5 heteroatoms. The van der Waals surface area contributed by atoms with E-state index in [1.54, 1.807) is 13.8 Å². The Bertz CT molecular complexity index is 741. The maximum atomic E-state index is 13.0. The van der Waals surface area contributed by atoms with Crippen molar-refractivity contribution >= 4 is 23.2 Å². The Kier molecular flexibility index (Phi) is 2.69. The fourth-order valence-electron chi connectivity index (χ4n) is 2.59. The Balaban J connectivity index is 2.18. The quantitative estimate of drug-likeness (QED) is 0.587. The number of anilines is 1. The van der Waals surface area contributed by atoms with E-state index in [-0.39, 0.29) is 5.91 Å². The van der Waals surface area contributed by atoms with Gasteiger partial charge < -0.3 is 0 Å². The first-order valence-electron chi connectivity index (χ1n) is 6.45. The second kappa shape index (κ2) is 4.22. The van der Waals surface area contributed by atoms with Crippen LogP contribution in [-0.2, 0) is 14.4 Å². The number of carbonyl (C=O) groups is 3. The standard InChI is InChI=1S/C16H12FNO3/c1-16(2)11-7-13(19)14(20)8-12(11)18(15(16)21)10-5-3-9(17)4-6-10/h3-8H,1-2H3. The van der Waals surface area contributed by atoms with E-state index in [2.05, 4.69) is 0 Å². The zero-order valence-electron chi connectivity index (χ0n) is 11.5. The fourth-order valence-corrected chi connectivity index (χ4v) is 2.59. The van der Waals surface area contributed by atoms with Gasteiger partial charge in [-0.25, -0.2) is 4.39 Å². The van der Waals surface area contributed by atoms with Crippen LogP contribution in [0.4, 0.5) is 10.1 Å². The molecular weight excluding hydrogens is 273 g/mol. The third-order valence-corrected chi connectivity index (χ3v) is 3.80. The molecule has 1 aromatic rings. The molecule has 3 rings (SSSR count). The molecule has 1 aliphatic heterocycles. The molecule has 0 spiro atoms. The molecule has 1 heterocycles. The number of rotatable bonds is 1. The fraction of sp³-hybridized carbons (Fsp3) is 0.188. The average Bonchev–Trinajstić information content (AvgIpc) is 2.61. The molecule has 1 amide bonds. The molecule has 0 unspecified atom stereocenters. The van der Waals surface area contributed by atoms with E-state index in [0.717, 1.165) is 0 Å². The number of amides is 1. The SMILES string of the molecule is CC1(C)C(=O)N(c2ccc(F)cc2)C2=CC(=O)C(=O)C=C21. The first-order chi connectivity index (χ1) is 9.82. The van der Waals surface area contributed by atoms with Crippen LogP contribution >= 0.6 is 0 Å². The number of halogens is 1. The van der Waals surface area contributed by atoms with E-state index in [9.17, 15) is 18.8 Å². The van der Waals surface area contributed by atoms with Crippen LogP contribution in [0.3, 0.4) is 0 Å². The minimum Gasteiger partial charge on any atom is -0.286 e. The first-order valence-corrected chi connectivity index (χ1v) is 6.45. The molecule has 2 aliphatic rings. The second-order valence-corrected chi connectivity index (χ2v) is 5.56. The monoisotopic (exact) mass is 285 g/mol. The zero-order chi connectivity index (χ0) is 15.4. The van der Waals surface area contributed by atoms with Crippen molar-refractivity contribution in [3.05, 3.63) is 53.5 Å². The molecule has 0 radical (unpaired) electrons. The smallest absolute Gasteiger partial charge is 0.241 e. The minimum atomic E-state index is -0.906. The molecule has 4 nitrogen and oxygen atoms in total. The molecular formula is C16H12FNO3. The van der Waals surface area contributed by atoms with E-state index in [1.165, 1.54) is 41.3 Å². The van der Waals surface area contributed by atoms with Crippen LogP contribution < -0.4 is 4.90 Å². The summed E-state index contributed by atoms with van der Waals surface area (Å²) in [5.74, 6) is -1.96.